The monoisotopic (exact) mass is 480 g/mol. The predicted octanol–water partition coefficient (Wildman–Crippen LogP) is -0.650. The van der Waals surface area contributed by atoms with Crippen LogP contribution in [0.1, 0.15) is 34.8 Å². The lowest BCUT2D eigenvalue weighted by atomic mass is 9.95. The van der Waals surface area contributed by atoms with Crippen LogP contribution in [0.15, 0.2) is 35.0 Å². The Balaban J connectivity index is 0.00000304. The molecule has 4 unspecified atom stereocenters. The lowest BCUT2D eigenvalue weighted by Crippen LogP contribution is -3.00. The summed E-state index contributed by atoms with van der Waals surface area (Å²) in [6.45, 7) is 0. The molecular formula is C19H22BrNO4S2. The number of thiophene rings is 2. The molecule has 1 N–H and O–H groups in total. The van der Waals surface area contributed by atoms with Crippen LogP contribution in [0.25, 0.3) is 0 Å². The lowest BCUT2D eigenvalue weighted by Gasteiger charge is -2.45. The first kappa shape index (κ1) is 11.4. The van der Waals surface area contributed by atoms with Gasteiger partial charge in [0.2, 0.25) is 5.60 Å². The molecule has 5 heterocycles. The van der Waals surface area contributed by atoms with Crippen LogP contribution in [0.5, 0.6) is 0 Å². The molecule has 5 rings (SSSR count). The van der Waals surface area contributed by atoms with Crippen molar-refractivity contribution in [2.75, 3.05) is 14.1 Å². The highest BCUT2D eigenvalue weighted by molar-refractivity contribution is 7.12. The summed E-state index contributed by atoms with van der Waals surface area (Å²) < 4.78 is 88.5. The number of morpholine rings is 1. The topological polar surface area (TPSA) is 59.1 Å². The number of hydrogen-bond acceptors (Lipinski definition) is 6. The van der Waals surface area contributed by atoms with Gasteiger partial charge in [-0.1, -0.05) is 12.1 Å². The van der Waals surface area contributed by atoms with Gasteiger partial charge in [-0.15, -0.1) is 22.7 Å². The summed E-state index contributed by atoms with van der Waals surface area (Å²) in [5.74, 6) is -1.57. The molecule has 5 nitrogen and oxygen atoms in total. The Hall–Kier alpha value is -0.770. The molecule has 146 valence electrons. The molecule has 0 aromatic carbocycles. The molecule has 3 aliphatic heterocycles. The zero-order chi connectivity index (χ0) is 26.3. The molecule has 0 aliphatic carbocycles. The van der Waals surface area contributed by atoms with E-state index in [1.807, 2.05) is 0 Å². The number of aliphatic hydroxyl groups is 1. The highest BCUT2D eigenvalue weighted by atomic mass is 79.9. The first-order valence-electron chi connectivity index (χ1n) is 12.4. The first-order valence-corrected chi connectivity index (χ1v) is 9.64. The van der Waals surface area contributed by atoms with Crippen molar-refractivity contribution in [3.8, 4) is 0 Å². The molecular weight excluding hydrogens is 450 g/mol. The van der Waals surface area contributed by atoms with E-state index < -0.39 is 59.1 Å². The number of fused-ring (bicyclic) bond motifs is 5. The molecule has 0 radical (unpaired) electrons. The van der Waals surface area contributed by atoms with E-state index in [1.165, 1.54) is 12.1 Å². The normalized spacial score (nSPS) is 55.3. The third-order valence-electron chi connectivity index (χ3n) is 4.63. The molecule has 3 saturated heterocycles. The van der Waals surface area contributed by atoms with Crippen molar-refractivity contribution in [3.05, 3.63) is 44.8 Å². The number of piperidine rings is 1. The van der Waals surface area contributed by atoms with Gasteiger partial charge in [-0.05, 0) is 22.9 Å². The van der Waals surface area contributed by atoms with Crippen molar-refractivity contribution >= 4 is 28.6 Å². The van der Waals surface area contributed by atoms with Crippen molar-refractivity contribution in [1.29, 1.82) is 0 Å². The van der Waals surface area contributed by atoms with Crippen LogP contribution in [0.2, 0.25) is 0 Å². The molecule has 0 spiro atoms. The Labute approximate surface area is 189 Å². The molecule has 27 heavy (non-hydrogen) atoms. The largest absolute Gasteiger partial charge is 1.00 e. The fraction of sp³-hybridized carbons (Fsp3) is 0.526. The zero-order valence-corrected chi connectivity index (χ0v) is 17.5. The van der Waals surface area contributed by atoms with Gasteiger partial charge in [0.05, 0.1) is 30.7 Å². The maximum atomic E-state index is 13.6. The summed E-state index contributed by atoms with van der Waals surface area (Å²) in [7, 11) is 2.26. The molecule has 4 atom stereocenters. The van der Waals surface area contributed by atoms with Crippen LogP contribution in [0.4, 0.5) is 0 Å². The minimum Gasteiger partial charge on any atom is -1.00 e. The van der Waals surface area contributed by atoms with Crippen molar-refractivity contribution in [2.24, 2.45) is 0 Å². The second kappa shape index (κ2) is 6.64. The van der Waals surface area contributed by atoms with Gasteiger partial charge in [-0.3, -0.25) is 0 Å². The van der Waals surface area contributed by atoms with E-state index in [1.54, 1.807) is 22.9 Å². The van der Waals surface area contributed by atoms with E-state index in [0.717, 1.165) is 36.8 Å². The minimum absolute atomic E-state index is 0. The Kier molecular flexibility index (Phi) is 2.81. The van der Waals surface area contributed by atoms with Crippen LogP contribution in [0, 0.1) is 0 Å². The van der Waals surface area contributed by atoms with Crippen molar-refractivity contribution in [2.45, 2.75) is 48.6 Å². The number of esters is 1. The third kappa shape index (κ3) is 2.84. The van der Waals surface area contributed by atoms with Crippen LogP contribution in [-0.4, -0.2) is 59.9 Å². The molecule has 8 heteroatoms. The molecule has 2 aromatic heterocycles. The summed E-state index contributed by atoms with van der Waals surface area (Å²) in [6.07, 6.45) is -16.0. The molecule has 3 aliphatic rings. The number of carbonyl (C=O) groups is 1. The summed E-state index contributed by atoms with van der Waals surface area (Å²) in [5.41, 5.74) is -2.52. The number of epoxide rings is 1. The van der Waals surface area contributed by atoms with Crippen LogP contribution in [0.3, 0.4) is 0 Å². The van der Waals surface area contributed by atoms with E-state index in [9.17, 15) is 9.90 Å². The molecule has 0 saturated carbocycles. The minimum atomic E-state index is -3.62. The number of hydrogen-bond donors (Lipinski definition) is 1. The van der Waals surface area contributed by atoms with E-state index in [4.69, 9.17) is 21.8 Å². The van der Waals surface area contributed by atoms with Crippen LogP contribution in [-0.2, 0) is 19.9 Å². The Bertz CT molecular complexity index is 1160. The first-order chi connectivity index (χ1) is 15.8. The van der Waals surface area contributed by atoms with Crippen LogP contribution < -0.4 is 17.0 Å². The van der Waals surface area contributed by atoms with Gasteiger partial charge in [0.15, 0.2) is 0 Å². The van der Waals surface area contributed by atoms with Crippen molar-refractivity contribution in [3.63, 3.8) is 0 Å². The number of nitrogens with zero attached hydrogens (tertiary/aromatic N) is 1. The maximum absolute atomic E-state index is 13.6. The number of rotatable bonds is 4. The molecule has 0 amide bonds. The second-order valence-corrected chi connectivity index (χ2v) is 8.44. The molecule has 2 bridgehead atoms. The van der Waals surface area contributed by atoms with E-state index >= 15 is 0 Å². The Morgan fingerprint density at radius 3 is 2.22 bits per heavy atom. The Morgan fingerprint density at radius 2 is 1.78 bits per heavy atom. The number of quaternary nitrogens is 1. The SMILES string of the molecule is [2H]C1([2H])C([2H])(OC(=O)C(O)(c2cccs2)c2cccs2)C([2H])([2H])C2([2H])C3([2H])OC3([2H])C1([2H])[N+]2(C)C.[Br-]. The van der Waals surface area contributed by atoms with Crippen molar-refractivity contribution in [1.82, 2.24) is 0 Å². The van der Waals surface area contributed by atoms with Gasteiger partial charge in [0.1, 0.15) is 30.3 Å². The predicted molar refractivity (Wildman–Crippen MR) is 99.1 cm³/mol. The Morgan fingerprint density at radius 1 is 1.26 bits per heavy atom. The molecule has 2 aromatic rings. The van der Waals surface area contributed by atoms with Crippen molar-refractivity contribution < 1.29 is 53.2 Å². The highest BCUT2D eigenvalue weighted by Gasteiger charge is 2.71. The summed E-state index contributed by atoms with van der Waals surface area (Å²) >= 11 is 1.97. The lowest BCUT2D eigenvalue weighted by molar-refractivity contribution is -0.938. The third-order valence-corrected chi connectivity index (χ3v) is 6.58. The van der Waals surface area contributed by atoms with Gasteiger partial charge >= 0.3 is 5.97 Å². The average molecular weight is 481 g/mol. The fourth-order valence-corrected chi connectivity index (χ4v) is 4.87. The van der Waals surface area contributed by atoms with E-state index in [2.05, 4.69) is 0 Å². The quantitative estimate of drug-likeness (QED) is 0.358. The molecule has 3 fully saturated rings. The number of halogens is 1. The van der Waals surface area contributed by atoms with Gasteiger partial charge in [-0.25, -0.2) is 4.79 Å². The fourth-order valence-electron chi connectivity index (χ4n) is 3.16. The highest BCUT2D eigenvalue weighted by Crippen LogP contribution is 2.52. The van der Waals surface area contributed by atoms with Gasteiger partial charge in [-0.2, -0.15) is 0 Å². The summed E-state index contributed by atoms with van der Waals surface area (Å²) in [6, 6.07) is 0.0985. The van der Waals surface area contributed by atoms with Gasteiger partial charge in [0.25, 0.3) is 0 Å². The standard InChI is InChI=1S/C19H22NO4S2.BrH/c1-20(2)12-9-11(10-13(20)17-16(12)24-17)23-18(21)19(22,14-5-3-7-25-14)15-6-4-8-26-15;/h3-8,11-13,16-17,22H,9-10H2,1-2H3;1H/q+1;/p-1/i9D2,10D2,11D,12D,13D,16D,17D;. The van der Waals surface area contributed by atoms with Crippen LogP contribution >= 0.6 is 22.7 Å². The van der Waals surface area contributed by atoms with E-state index in [0.29, 0.717) is 0 Å². The van der Waals surface area contributed by atoms with Gasteiger partial charge in [0, 0.05) is 18.2 Å². The summed E-state index contributed by atoms with van der Waals surface area (Å²) in [4.78, 5) is 13.8. The average Bonchev–Trinajstić information content (AvgIpc) is 3.27. The smallest absolute Gasteiger partial charge is 0.349 e. The van der Waals surface area contributed by atoms with E-state index in [-0.39, 0.29) is 26.7 Å². The van der Waals surface area contributed by atoms with Gasteiger partial charge < -0.3 is 36.0 Å². The number of likely N-dealkylation sites (N-methyl/N-ethyl adjacent to an activating group) is 1. The second-order valence-electron chi connectivity index (χ2n) is 6.54. The maximum Gasteiger partial charge on any atom is 0.349 e. The zero-order valence-electron chi connectivity index (χ0n) is 23.3. The number of carbonyl (C=O) groups excluding carboxylic acids is 1. The number of ether oxygens (including phenoxy) is 2. The summed E-state index contributed by atoms with van der Waals surface area (Å²) in [5, 5.41) is 14.7.